The third-order valence-electron chi connectivity index (χ3n) is 2.77. The molecular formula is C15H13BrN2. The largest absolute Gasteiger partial charge is 0.355 e. The Kier molecular flexibility index (Phi) is 4.01. The minimum absolute atomic E-state index is 0.643. The van der Waals surface area contributed by atoms with E-state index in [1.165, 1.54) is 5.56 Å². The van der Waals surface area contributed by atoms with Crippen molar-refractivity contribution in [3.05, 3.63) is 58.1 Å². The molecule has 2 nitrogen and oxygen atoms in total. The van der Waals surface area contributed by atoms with E-state index in [0.29, 0.717) is 5.56 Å². The molecule has 2 aromatic carbocycles. The first-order valence-electron chi connectivity index (χ1n) is 5.79. The highest BCUT2D eigenvalue weighted by Crippen LogP contribution is 2.25. The van der Waals surface area contributed by atoms with Crippen LogP contribution < -0.4 is 5.32 Å². The van der Waals surface area contributed by atoms with Gasteiger partial charge in [0.1, 0.15) is 6.07 Å². The van der Waals surface area contributed by atoms with E-state index >= 15 is 0 Å². The highest BCUT2D eigenvalue weighted by Gasteiger charge is 2.03. The number of hydrogen-bond acceptors (Lipinski definition) is 2. The molecule has 0 heterocycles. The van der Waals surface area contributed by atoms with Crippen LogP contribution in [0.25, 0.3) is 0 Å². The van der Waals surface area contributed by atoms with Crippen molar-refractivity contribution < 1.29 is 0 Å². The SMILES string of the molecule is CCc1ccccc1Nc1ccc(C#N)c(Br)c1. The molecule has 3 heteroatoms. The molecule has 0 amide bonds. The van der Waals surface area contributed by atoms with Crippen LogP contribution in [0.5, 0.6) is 0 Å². The summed E-state index contributed by atoms with van der Waals surface area (Å²) >= 11 is 3.39. The Morgan fingerprint density at radius 1 is 1.22 bits per heavy atom. The van der Waals surface area contributed by atoms with Gasteiger partial charge in [0.2, 0.25) is 0 Å². The maximum atomic E-state index is 8.88. The number of rotatable bonds is 3. The van der Waals surface area contributed by atoms with Gasteiger partial charge in [0.15, 0.2) is 0 Å². The molecule has 0 saturated heterocycles. The Labute approximate surface area is 115 Å². The van der Waals surface area contributed by atoms with Gasteiger partial charge in [0.05, 0.1) is 5.56 Å². The molecule has 0 aromatic heterocycles. The van der Waals surface area contributed by atoms with Crippen molar-refractivity contribution in [2.75, 3.05) is 5.32 Å². The summed E-state index contributed by atoms with van der Waals surface area (Å²) in [6, 6.07) is 16.0. The number of aryl methyl sites for hydroxylation is 1. The first-order valence-corrected chi connectivity index (χ1v) is 6.58. The number of hydrogen-bond donors (Lipinski definition) is 1. The quantitative estimate of drug-likeness (QED) is 0.897. The fraction of sp³-hybridized carbons (Fsp3) is 0.133. The van der Waals surface area contributed by atoms with Crippen LogP contribution in [0.2, 0.25) is 0 Å². The second-order valence-electron chi connectivity index (χ2n) is 3.94. The van der Waals surface area contributed by atoms with Gasteiger partial charge in [-0.3, -0.25) is 0 Å². The topological polar surface area (TPSA) is 35.8 Å². The van der Waals surface area contributed by atoms with Gasteiger partial charge < -0.3 is 5.32 Å². The Morgan fingerprint density at radius 3 is 2.67 bits per heavy atom. The molecule has 0 aliphatic rings. The van der Waals surface area contributed by atoms with Crippen LogP contribution in [-0.2, 0) is 6.42 Å². The summed E-state index contributed by atoms with van der Waals surface area (Å²) in [5, 5.41) is 12.3. The first-order chi connectivity index (χ1) is 8.74. The van der Waals surface area contributed by atoms with Crippen molar-refractivity contribution >= 4 is 27.3 Å². The van der Waals surface area contributed by atoms with E-state index in [1.54, 1.807) is 6.07 Å². The van der Waals surface area contributed by atoms with Crippen LogP contribution in [0.3, 0.4) is 0 Å². The van der Waals surface area contributed by atoms with E-state index in [1.807, 2.05) is 24.3 Å². The van der Waals surface area contributed by atoms with Gasteiger partial charge in [-0.05, 0) is 52.2 Å². The third-order valence-corrected chi connectivity index (χ3v) is 3.42. The molecule has 0 spiro atoms. The normalized spacial score (nSPS) is 9.83. The van der Waals surface area contributed by atoms with E-state index in [0.717, 1.165) is 22.3 Å². The van der Waals surface area contributed by atoms with Crippen LogP contribution in [0.15, 0.2) is 46.9 Å². The van der Waals surface area contributed by atoms with E-state index < -0.39 is 0 Å². The Balaban J connectivity index is 2.29. The minimum Gasteiger partial charge on any atom is -0.355 e. The summed E-state index contributed by atoms with van der Waals surface area (Å²) in [6.45, 7) is 2.13. The molecule has 1 N–H and O–H groups in total. The molecule has 90 valence electrons. The average Bonchev–Trinajstić information content (AvgIpc) is 2.39. The molecule has 0 unspecified atom stereocenters. The lowest BCUT2D eigenvalue weighted by molar-refractivity contribution is 1.14. The van der Waals surface area contributed by atoms with Gasteiger partial charge >= 0.3 is 0 Å². The Morgan fingerprint density at radius 2 is 2.00 bits per heavy atom. The van der Waals surface area contributed by atoms with Gasteiger partial charge in [0, 0.05) is 15.8 Å². The molecule has 0 saturated carbocycles. The van der Waals surface area contributed by atoms with Crippen LogP contribution in [0.1, 0.15) is 18.1 Å². The van der Waals surface area contributed by atoms with Crippen molar-refractivity contribution in [3.8, 4) is 6.07 Å². The second-order valence-corrected chi connectivity index (χ2v) is 4.80. The van der Waals surface area contributed by atoms with Gasteiger partial charge in [-0.25, -0.2) is 0 Å². The monoisotopic (exact) mass is 300 g/mol. The molecule has 2 aromatic rings. The van der Waals surface area contributed by atoms with E-state index in [4.69, 9.17) is 5.26 Å². The Hall–Kier alpha value is -1.79. The summed E-state index contributed by atoms with van der Waals surface area (Å²) in [7, 11) is 0. The standard InChI is InChI=1S/C15H13BrN2/c1-2-11-5-3-4-6-15(11)18-13-8-7-12(10-17)14(16)9-13/h3-9,18H,2H2,1H3. The van der Waals surface area contributed by atoms with Gasteiger partial charge in [-0.2, -0.15) is 5.26 Å². The predicted octanol–water partition coefficient (Wildman–Crippen LogP) is 4.63. The van der Waals surface area contributed by atoms with Crippen molar-refractivity contribution in [1.82, 2.24) is 0 Å². The van der Waals surface area contributed by atoms with Crippen LogP contribution in [0, 0.1) is 11.3 Å². The fourth-order valence-electron chi connectivity index (χ4n) is 1.79. The molecule has 2 rings (SSSR count). The van der Waals surface area contributed by atoms with E-state index in [9.17, 15) is 0 Å². The van der Waals surface area contributed by atoms with Gasteiger partial charge in [0.25, 0.3) is 0 Å². The summed E-state index contributed by atoms with van der Waals surface area (Å²) in [5.41, 5.74) is 4.00. The molecule has 18 heavy (non-hydrogen) atoms. The van der Waals surface area contributed by atoms with Crippen molar-refractivity contribution in [1.29, 1.82) is 5.26 Å². The molecule has 0 atom stereocenters. The van der Waals surface area contributed by atoms with Gasteiger partial charge in [-0.15, -0.1) is 0 Å². The molecule has 0 aliphatic carbocycles. The Bertz CT molecular complexity index is 600. The smallest absolute Gasteiger partial charge is 0.100 e. The van der Waals surface area contributed by atoms with E-state index in [-0.39, 0.29) is 0 Å². The van der Waals surface area contributed by atoms with Crippen molar-refractivity contribution in [2.45, 2.75) is 13.3 Å². The number of para-hydroxylation sites is 1. The lowest BCUT2D eigenvalue weighted by Gasteiger charge is -2.11. The number of nitriles is 1. The second kappa shape index (κ2) is 5.70. The van der Waals surface area contributed by atoms with Gasteiger partial charge in [-0.1, -0.05) is 25.1 Å². The highest BCUT2D eigenvalue weighted by molar-refractivity contribution is 9.10. The maximum absolute atomic E-state index is 8.88. The molecule has 0 aliphatic heterocycles. The number of halogens is 1. The summed E-state index contributed by atoms with van der Waals surface area (Å²) in [5.74, 6) is 0. The third kappa shape index (κ3) is 2.72. The zero-order chi connectivity index (χ0) is 13.0. The number of anilines is 2. The highest BCUT2D eigenvalue weighted by atomic mass is 79.9. The number of benzene rings is 2. The molecule has 0 radical (unpaired) electrons. The lowest BCUT2D eigenvalue weighted by atomic mass is 10.1. The summed E-state index contributed by atoms with van der Waals surface area (Å²) < 4.78 is 0.809. The summed E-state index contributed by atoms with van der Waals surface area (Å²) in [4.78, 5) is 0. The van der Waals surface area contributed by atoms with Crippen molar-refractivity contribution in [3.63, 3.8) is 0 Å². The maximum Gasteiger partial charge on any atom is 0.100 e. The average molecular weight is 301 g/mol. The molecule has 0 bridgehead atoms. The number of nitrogens with one attached hydrogen (secondary N) is 1. The predicted molar refractivity (Wildman–Crippen MR) is 78.0 cm³/mol. The fourth-order valence-corrected chi connectivity index (χ4v) is 2.26. The van der Waals surface area contributed by atoms with Crippen LogP contribution in [-0.4, -0.2) is 0 Å². The first kappa shape index (κ1) is 12.7. The zero-order valence-electron chi connectivity index (χ0n) is 10.1. The van der Waals surface area contributed by atoms with E-state index in [2.05, 4.69) is 46.4 Å². The van der Waals surface area contributed by atoms with Crippen LogP contribution >= 0.6 is 15.9 Å². The molecular weight excluding hydrogens is 288 g/mol. The minimum atomic E-state index is 0.643. The zero-order valence-corrected chi connectivity index (χ0v) is 11.7. The van der Waals surface area contributed by atoms with Crippen LogP contribution in [0.4, 0.5) is 11.4 Å². The lowest BCUT2D eigenvalue weighted by Crippen LogP contribution is -1.95. The number of nitrogens with zero attached hydrogens (tertiary/aromatic N) is 1. The molecule has 0 fully saturated rings. The summed E-state index contributed by atoms with van der Waals surface area (Å²) in [6.07, 6.45) is 0.987. The van der Waals surface area contributed by atoms with Crippen molar-refractivity contribution in [2.24, 2.45) is 0 Å².